The SMILES string of the molecule is COc1ccc(CN(Cc2ccc(OC)cc2)c2cc(C)c(I)c(-c3cc4c5c(cc(OC[C@@]67CCCN6C[C@]6(CC6(F)F)C7)cc5c3F)C([C@@H](C)c3nccnc3N(Cc3ccc(OC)cc3)Cc3ccc(OC)cc3)CCC4)c2F)cc1. The highest BCUT2D eigenvalue weighted by Gasteiger charge is 2.77. The van der Waals surface area contributed by atoms with Gasteiger partial charge in [-0.2, -0.15) is 0 Å². The van der Waals surface area contributed by atoms with Crippen LogP contribution in [-0.4, -0.2) is 74.5 Å². The Morgan fingerprint density at radius 1 is 0.667 bits per heavy atom. The summed E-state index contributed by atoms with van der Waals surface area (Å²) < 4.78 is 96.9. The number of alkyl halides is 2. The molecule has 0 bridgehead atoms. The molecule has 1 aromatic heterocycles. The zero-order valence-corrected chi connectivity index (χ0v) is 50.6. The Hall–Kier alpha value is -7.11. The minimum absolute atomic E-state index is 0.104. The maximum absolute atomic E-state index is 18.7. The number of methoxy groups -OCH3 is 4. The van der Waals surface area contributed by atoms with Gasteiger partial charge in [-0.25, -0.2) is 22.5 Å². The number of halogens is 5. The van der Waals surface area contributed by atoms with Crippen LogP contribution in [0.2, 0.25) is 0 Å². The molecule has 15 heteroatoms. The van der Waals surface area contributed by atoms with E-state index in [0.717, 1.165) is 99.6 Å². The number of anilines is 2. The van der Waals surface area contributed by atoms with Crippen LogP contribution in [-0.2, 0) is 32.6 Å². The molecule has 10 nitrogen and oxygen atoms in total. The van der Waals surface area contributed by atoms with E-state index in [-0.39, 0.29) is 36.0 Å². The van der Waals surface area contributed by atoms with E-state index in [2.05, 4.69) is 69.6 Å². The zero-order valence-electron chi connectivity index (χ0n) is 48.4. The predicted octanol–water partition coefficient (Wildman–Crippen LogP) is 15.8. The number of fused-ring (bicyclic) bond motifs is 1. The lowest BCUT2D eigenvalue weighted by Crippen LogP contribution is -2.43. The number of nitrogens with zero attached hydrogens (tertiary/aromatic N) is 5. The average molecular weight is 1250 g/mol. The highest BCUT2D eigenvalue weighted by molar-refractivity contribution is 14.1. The highest BCUT2D eigenvalue weighted by atomic mass is 127. The molecule has 2 saturated heterocycles. The first kappa shape index (κ1) is 57.3. The third-order valence-electron chi connectivity index (χ3n) is 18.4. The van der Waals surface area contributed by atoms with Gasteiger partial charge in [-0.15, -0.1) is 0 Å². The number of rotatable bonds is 20. The van der Waals surface area contributed by atoms with Crippen LogP contribution in [0.3, 0.4) is 0 Å². The Kier molecular flexibility index (Phi) is 16.0. The minimum Gasteiger partial charge on any atom is -0.497 e. The van der Waals surface area contributed by atoms with E-state index in [4.69, 9.17) is 33.7 Å². The lowest BCUT2D eigenvalue weighted by Gasteiger charge is -2.32. The van der Waals surface area contributed by atoms with Crippen molar-refractivity contribution in [2.24, 2.45) is 5.41 Å². The average Bonchev–Trinajstić information content (AvgIpc) is 1.68. The first-order valence-electron chi connectivity index (χ1n) is 29.0. The third-order valence-corrected chi connectivity index (χ3v) is 19.8. The molecule has 8 aromatic rings. The number of benzene rings is 7. The Balaban J connectivity index is 0.981. The van der Waals surface area contributed by atoms with Gasteiger partial charge in [0.15, 0.2) is 11.6 Å². The van der Waals surface area contributed by atoms with Crippen molar-refractivity contribution in [3.63, 3.8) is 0 Å². The van der Waals surface area contributed by atoms with Gasteiger partial charge in [0.05, 0.1) is 50.8 Å². The van der Waals surface area contributed by atoms with Gasteiger partial charge in [-0.3, -0.25) is 9.88 Å². The number of aromatic nitrogens is 2. The molecule has 2 aliphatic carbocycles. The Bertz CT molecular complexity index is 3610. The van der Waals surface area contributed by atoms with E-state index in [9.17, 15) is 0 Å². The lowest BCUT2D eigenvalue weighted by atomic mass is 9.80. The van der Waals surface area contributed by atoms with Crippen LogP contribution in [0.5, 0.6) is 28.7 Å². The fourth-order valence-corrected chi connectivity index (χ4v) is 14.5. The zero-order chi connectivity index (χ0) is 58.5. The van der Waals surface area contributed by atoms with Crippen LogP contribution in [0.4, 0.5) is 29.1 Å². The Labute approximate surface area is 503 Å². The van der Waals surface area contributed by atoms with Crippen molar-refractivity contribution >= 4 is 44.9 Å². The van der Waals surface area contributed by atoms with Gasteiger partial charge in [-0.1, -0.05) is 55.5 Å². The molecular formula is C69H70F4IN5O5. The number of ether oxygens (including phenoxy) is 5. The van der Waals surface area contributed by atoms with Crippen molar-refractivity contribution in [1.82, 2.24) is 14.9 Å². The van der Waals surface area contributed by atoms with Gasteiger partial charge in [0.25, 0.3) is 5.92 Å². The van der Waals surface area contributed by atoms with Gasteiger partial charge < -0.3 is 33.5 Å². The van der Waals surface area contributed by atoms with Crippen LogP contribution < -0.4 is 33.5 Å². The molecule has 0 N–H and O–H groups in total. The molecule has 3 fully saturated rings. The molecule has 12 rings (SSSR count). The fraction of sp³-hybridized carbons (Fsp3) is 0.362. The summed E-state index contributed by atoms with van der Waals surface area (Å²) in [7, 11) is 6.56. The lowest BCUT2D eigenvalue weighted by molar-refractivity contribution is 0.0649. The van der Waals surface area contributed by atoms with Crippen LogP contribution in [0, 0.1) is 27.5 Å². The molecular weight excluding hydrogens is 1180 g/mol. The molecule has 2 aliphatic heterocycles. The van der Waals surface area contributed by atoms with Crippen molar-refractivity contribution in [3.05, 3.63) is 194 Å². The molecule has 3 heterocycles. The van der Waals surface area contributed by atoms with E-state index in [1.54, 1.807) is 46.9 Å². The third kappa shape index (κ3) is 11.0. The maximum atomic E-state index is 18.7. The van der Waals surface area contributed by atoms with Crippen LogP contribution in [0.1, 0.15) is 102 Å². The molecule has 84 heavy (non-hydrogen) atoms. The molecule has 0 radical (unpaired) electrons. The second-order valence-corrected chi connectivity index (χ2v) is 24.7. The van der Waals surface area contributed by atoms with E-state index in [1.807, 2.05) is 96.8 Å². The summed E-state index contributed by atoms with van der Waals surface area (Å²) in [5, 5.41) is 1.11. The standard InChI is InChI=1S/C69H70F4IN5O5/c1-43-31-59(77(35-45-11-19-50(80-3)20-12-45)36-46-13-21-51(81-4)22-14-46)63(71)61(64(43)74)57-32-49-9-7-10-55(56-33-54(34-58(60(49)56)62(57)70)84-42-68-27-8-30-79(68)41-67(39-68)40-69(67,72)73)44(2)65-66(76-29-28-75-65)78(37-47-15-23-52(82-5)24-16-47)38-48-17-25-53(83-6)26-18-48/h11-26,28-29,31-34,44,55H,7-10,27,30,35-42H2,1-6H3/t44-,55?,67-,68+/m1/s1. The molecule has 1 spiro atoms. The molecule has 0 amide bonds. The normalized spacial score (nSPS) is 19.9. The second kappa shape index (κ2) is 23.4. The molecule has 7 aromatic carbocycles. The predicted molar refractivity (Wildman–Crippen MR) is 330 cm³/mol. The van der Waals surface area contributed by atoms with Gasteiger partial charge in [-0.05, 0) is 198 Å². The highest BCUT2D eigenvalue weighted by Crippen LogP contribution is 2.69. The summed E-state index contributed by atoms with van der Waals surface area (Å²) in [6.45, 7) is 7.16. The minimum atomic E-state index is -2.70. The summed E-state index contributed by atoms with van der Waals surface area (Å²) in [4.78, 5) is 16.7. The van der Waals surface area contributed by atoms with Gasteiger partial charge in [0.2, 0.25) is 0 Å². The summed E-state index contributed by atoms with van der Waals surface area (Å²) >= 11 is 2.18. The van der Waals surface area contributed by atoms with Crippen molar-refractivity contribution in [3.8, 4) is 39.9 Å². The monoisotopic (exact) mass is 1250 g/mol. The van der Waals surface area contributed by atoms with E-state index in [1.165, 1.54) is 0 Å². The Morgan fingerprint density at radius 3 is 1.74 bits per heavy atom. The molecule has 1 unspecified atom stereocenters. The number of hydrogen-bond donors (Lipinski definition) is 0. The van der Waals surface area contributed by atoms with E-state index in [0.29, 0.717) is 77.5 Å². The van der Waals surface area contributed by atoms with Crippen LogP contribution in [0.25, 0.3) is 21.9 Å². The van der Waals surface area contributed by atoms with Crippen molar-refractivity contribution in [2.75, 3.05) is 57.9 Å². The smallest absolute Gasteiger partial charge is 0.255 e. The van der Waals surface area contributed by atoms with E-state index < -0.39 is 28.5 Å². The first-order valence-corrected chi connectivity index (χ1v) is 30.1. The summed E-state index contributed by atoms with van der Waals surface area (Å²) in [6, 6.07) is 39.2. The molecule has 1 saturated carbocycles. The van der Waals surface area contributed by atoms with Gasteiger partial charge in [0.1, 0.15) is 41.2 Å². The summed E-state index contributed by atoms with van der Waals surface area (Å²) in [5.74, 6) is -0.0901. The molecule has 4 atom stereocenters. The van der Waals surface area contributed by atoms with Crippen molar-refractivity contribution < 1.29 is 41.2 Å². The van der Waals surface area contributed by atoms with Gasteiger partial charge >= 0.3 is 0 Å². The first-order chi connectivity index (χ1) is 40.6. The van der Waals surface area contributed by atoms with Crippen molar-refractivity contribution in [1.29, 1.82) is 0 Å². The number of aryl methyl sites for hydroxylation is 2. The number of hydrogen-bond acceptors (Lipinski definition) is 10. The maximum Gasteiger partial charge on any atom is 0.255 e. The molecule has 436 valence electrons. The second-order valence-electron chi connectivity index (χ2n) is 23.6. The van der Waals surface area contributed by atoms with Gasteiger partial charge in [0, 0.05) is 77.5 Å². The topological polar surface area (TPSA) is 81.7 Å². The van der Waals surface area contributed by atoms with Crippen molar-refractivity contribution in [2.45, 2.75) is 108 Å². The summed E-state index contributed by atoms with van der Waals surface area (Å²) in [5.41, 5.74) is 6.54. The largest absolute Gasteiger partial charge is 0.497 e. The summed E-state index contributed by atoms with van der Waals surface area (Å²) in [6.07, 6.45) is 7.45. The van der Waals surface area contributed by atoms with Crippen LogP contribution in [0.15, 0.2) is 134 Å². The Morgan fingerprint density at radius 2 is 1.20 bits per heavy atom. The fourth-order valence-electron chi connectivity index (χ4n) is 13.8. The van der Waals surface area contributed by atoms with E-state index >= 15 is 17.6 Å². The van der Waals surface area contributed by atoms with Crippen LogP contribution >= 0.6 is 22.6 Å². The molecule has 4 aliphatic rings. The quantitative estimate of drug-likeness (QED) is 0.0544.